The van der Waals surface area contributed by atoms with Crippen LogP contribution in [0.2, 0.25) is 0 Å². The SMILES string of the molecule is C=C(CCCN(C=O)C(=O)/C=C\C)N[C@@H](CCCCNC(=O)COC(C)(C)CCC)C(=O)NC(C)C(=O)NCC=O. The lowest BCUT2D eigenvalue weighted by atomic mass is 10.0. The summed E-state index contributed by atoms with van der Waals surface area (Å²) in [7, 11) is 0. The number of hydrogen-bond acceptors (Lipinski definition) is 8. The van der Waals surface area contributed by atoms with Crippen LogP contribution in [0.5, 0.6) is 0 Å². The smallest absolute Gasteiger partial charge is 0.252 e. The van der Waals surface area contributed by atoms with Gasteiger partial charge in [0.05, 0.1) is 12.1 Å². The zero-order chi connectivity index (χ0) is 31.3. The Bertz CT molecular complexity index is 904. The molecule has 0 aromatic rings. The molecule has 12 nitrogen and oxygen atoms in total. The molecule has 0 saturated heterocycles. The van der Waals surface area contributed by atoms with E-state index in [1.54, 1.807) is 13.0 Å². The number of hydrogen-bond donors (Lipinski definition) is 4. The average Bonchev–Trinajstić information content (AvgIpc) is 2.92. The highest BCUT2D eigenvalue weighted by Crippen LogP contribution is 2.15. The first-order chi connectivity index (χ1) is 19.4. The van der Waals surface area contributed by atoms with E-state index in [9.17, 15) is 28.8 Å². The van der Waals surface area contributed by atoms with Gasteiger partial charge in [-0.05, 0) is 72.3 Å². The van der Waals surface area contributed by atoms with Crippen LogP contribution in [0.25, 0.3) is 0 Å². The summed E-state index contributed by atoms with van der Waals surface area (Å²) in [6, 6.07) is -1.58. The number of nitrogens with zero attached hydrogens (tertiary/aromatic N) is 1. The van der Waals surface area contributed by atoms with Gasteiger partial charge in [-0.1, -0.05) is 26.0 Å². The van der Waals surface area contributed by atoms with E-state index in [0.717, 1.165) is 17.7 Å². The van der Waals surface area contributed by atoms with Gasteiger partial charge in [0.15, 0.2) is 0 Å². The second-order valence-corrected chi connectivity index (χ2v) is 10.3. The molecule has 0 fully saturated rings. The third-order valence-corrected chi connectivity index (χ3v) is 6.09. The van der Waals surface area contributed by atoms with Crippen LogP contribution in [-0.4, -0.2) is 85.2 Å². The average molecular weight is 580 g/mol. The van der Waals surface area contributed by atoms with Gasteiger partial charge in [0, 0.05) is 18.8 Å². The molecule has 0 saturated carbocycles. The topological polar surface area (TPSA) is 163 Å². The zero-order valence-corrected chi connectivity index (χ0v) is 25.3. The molecule has 0 aromatic carbocycles. The van der Waals surface area contributed by atoms with E-state index in [1.165, 1.54) is 13.0 Å². The van der Waals surface area contributed by atoms with Gasteiger partial charge in [0.25, 0.3) is 5.91 Å². The van der Waals surface area contributed by atoms with Crippen LogP contribution in [0, 0.1) is 0 Å². The zero-order valence-electron chi connectivity index (χ0n) is 25.3. The van der Waals surface area contributed by atoms with Crippen molar-refractivity contribution in [3.8, 4) is 0 Å². The number of allylic oxidation sites excluding steroid dienone is 2. The molecule has 2 atom stereocenters. The molecule has 1 unspecified atom stereocenters. The summed E-state index contributed by atoms with van der Waals surface area (Å²) < 4.78 is 5.68. The van der Waals surface area contributed by atoms with Gasteiger partial charge >= 0.3 is 0 Å². The van der Waals surface area contributed by atoms with Crippen LogP contribution in [0.15, 0.2) is 24.4 Å². The Kier molecular flexibility index (Phi) is 19.4. The molecule has 5 amide bonds. The van der Waals surface area contributed by atoms with Gasteiger partial charge in [-0.25, -0.2) is 0 Å². The van der Waals surface area contributed by atoms with Gasteiger partial charge in [-0.2, -0.15) is 0 Å². The van der Waals surface area contributed by atoms with E-state index < -0.39 is 29.8 Å². The van der Waals surface area contributed by atoms with Crippen LogP contribution in [-0.2, 0) is 33.5 Å². The summed E-state index contributed by atoms with van der Waals surface area (Å²) in [5.41, 5.74) is 0.169. The molecule has 12 heteroatoms. The third kappa shape index (κ3) is 17.7. The summed E-state index contributed by atoms with van der Waals surface area (Å²) in [5.74, 6) is -1.53. The maximum atomic E-state index is 13.0. The molecule has 0 spiro atoms. The molecule has 0 aromatic heterocycles. The molecule has 0 aliphatic heterocycles. The van der Waals surface area contributed by atoms with Gasteiger partial charge in [0.2, 0.25) is 24.1 Å². The Balaban J connectivity index is 4.94. The molecule has 0 heterocycles. The number of nitrogens with one attached hydrogen (secondary N) is 4. The van der Waals surface area contributed by atoms with E-state index in [2.05, 4.69) is 34.8 Å². The Labute approximate surface area is 244 Å². The highest BCUT2D eigenvalue weighted by atomic mass is 16.5. The fourth-order valence-corrected chi connectivity index (χ4v) is 3.87. The van der Waals surface area contributed by atoms with Crippen molar-refractivity contribution in [2.75, 3.05) is 26.2 Å². The largest absolute Gasteiger partial charge is 0.378 e. The molecule has 0 aliphatic rings. The van der Waals surface area contributed by atoms with Crippen LogP contribution >= 0.6 is 0 Å². The van der Waals surface area contributed by atoms with Crippen LogP contribution < -0.4 is 21.3 Å². The van der Waals surface area contributed by atoms with Crippen LogP contribution in [0.4, 0.5) is 0 Å². The van der Waals surface area contributed by atoms with Crippen molar-refractivity contribution in [1.29, 1.82) is 0 Å². The number of carbonyl (C=O) groups is 6. The number of unbranched alkanes of at least 4 members (excludes halogenated alkanes) is 1. The highest BCUT2D eigenvalue weighted by molar-refractivity contribution is 5.94. The Morgan fingerprint density at radius 2 is 1.73 bits per heavy atom. The lowest BCUT2D eigenvalue weighted by Crippen LogP contribution is -2.51. The first kappa shape index (κ1) is 37.5. The van der Waals surface area contributed by atoms with E-state index in [-0.39, 0.29) is 31.2 Å². The quantitative estimate of drug-likeness (QED) is 0.0804. The van der Waals surface area contributed by atoms with Gasteiger partial charge in [-0.15, -0.1) is 0 Å². The molecular formula is C29H49N5O7. The second kappa shape index (κ2) is 21.2. The van der Waals surface area contributed by atoms with E-state index >= 15 is 0 Å². The van der Waals surface area contributed by atoms with Crippen molar-refractivity contribution >= 4 is 36.3 Å². The van der Waals surface area contributed by atoms with E-state index in [0.29, 0.717) is 57.0 Å². The van der Waals surface area contributed by atoms with E-state index in [1.807, 2.05) is 13.8 Å². The minimum absolute atomic E-state index is 0.0225. The fourth-order valence-electron chi connectivity index (χ4n) is 3.87. The first-order valence-corrected chi connectivity index (χ1v) is 14.2. The van der Waals surface area contributed by atoms with Crippen molar-refractivity contribution in [1.82, 2.24) is 26.2 Å². The predicted molar refractivity (Wildman–Crippen MR) is 156 cm³/mol. The lowest BCUT2D eigenvalue weighted by molar-refractivity contribution is -0.134. The second-order valence-electron chi connectivity index (χ2n) is 10.3. The standard InChI is InChI=1S/C29H49N5O7/c1-7-12-26(38)34(21-36)18-11-13-22(3)32-24(28(40)33-23(4)27(39)31-17-19-35)14-9-10-16-30-25(37)20-41-29(5,6)15-8-2/h7,12,19,21,23-24,32H,3,8-11,13-18,20H2,1-2,4-6H3,(H,30,37)(H,31,39)(H,33,40)/b12-7-/t23?,24-/m0/s1. The number of rotatable bonds is 23. The summed E-state index contributed by atoms with van der Waals surface area (Å²) >= 11 is 0. The maximum Gasteiger partial charge on any atom is 0.252 e. The Morgan fingerprint density at radius 1 is 1.02 bits per heavy atom. The van der Waals surface area contributed by atoms with Crippen molar-refractivity contribution in [3.63, 3.8) is 0 Å². The summed E-state index contributed by atoms with van der Waals surface area (Å²) in [6.07, 6.45) is 8.12. The molecule has 0 radical (unpaired) electrons. The summed E-state index contributed by atoms with van der Waals surface area (Å²) in [6.45, 7) is 13.6. The molecule has 41 heavy (non-hydrogen) atoms. The molecule has 0 aliphatic carbocycles. The molecule has 232 valence electrons. The van der Waals surface area contributed by atoms with Crippen LogP contribution in [0.1, 0.15) is 79.6 Å². The normalized spacial score (nSPS) is 12.6. The fraction of sp³-hybridized carbons (Fsp3) is 0.655. The number of amides is 5. The highest BCUT2D eigenvalue weighted by Gasteiger charge is 2.23. The maximum absolute atomic E-state index is 13.0. The molecule has 4 N–H and O–H groups in total. The van der Waals surface area contributed by atoms with Crippen molar-refractivity contribution in [2.24, 2.45) is 0 Å². The van der Waals surface area contributed by atoms with Gasteiger partial charge < -0.3 is 30.8 Å². The lowest BCUT2D eigenvalue weighted by Gasteiger charge is -2.24. The Morgan fingerprint density at radius 3 is 2.34 bits per heavy atom. The van der Waals surface area contributed by atoms with Gasteiger partial charge in [0.1, 0.15) is 25.0 Å². The molecular weight excluding hydrogens is 530 g/mol. The van der Waals surface area contributed by atoms with Crippen LogP contribution in [0.3, 0.4) is 0 Å². The van der Waals surface area contributed by atoms with E-state index in [4.69, 9.17) is 4.74 Å². The molecule has 0 bridgehead atoms. The number of aldehydes is 1. The third-order valence-electron chi connectivity index (χ3n) is 6.09. The first-order valence-electron chi connectivity index (χ1n) is 14.2. The van der Waals surface area contributed by atoms with Crippen molar-refractivity contribution in [2.45, 2.75) is 97.2 Å². The summed E-state index contributed by atoms with van der Waals surface area (Å²) in [4.78, 5) is 71.9. The minimum atomic E-state index is -0.866. The summed E-state index contributed by atoms with van der Waals surface area (Å²) in [5, 5.41) is 11.0. The number of carbonyl (C=O) groups excluding carboxylic acids is 6. The number of ether oxygens (including phenoxy) is 1. The minimum Gasteiger partial charge on any atom is -0.378 e. The van der Waals surface area contributed by atoms with Gasteiger partial charge in [-0.3, -0.25) is 28.9 Å². The Hall–Kier alpha value is -3.54. The predicted octanol–water partition coefficient (Wildman–Crippen LogP) is 1.50. The van der Waals surface area contributed by atoms with Crippen molar-refractivity contribution in [3.05, 3.63) is 24.4 Å². The van der Waals surface area contributed by atoms with Crippen molar-refractivity contribution < 1.29 is 33.5 Å². The number of imide groups is 1. The molecule has 0 rings (SSSR count). The monoisotopic (exact) mass is 579 g/mol.